The van der Waals surface area contributed by atoms with Crippen LogP contribution in [0.25, 0.3) is 10.9 Å². The number of rotatable bonds is 2. The van der Waals surface area contributed by atoms with E-state index in [-0.39, 0.29) is 0 Å². The van der Waals surface area contributed by atoms with Crippen LogP contribution in [0.2, 0.25) is 0 Å². The molecule has 0 atom stereocenters. The molecule has 83 valence electrons. The Hall–Kier alpha value is -2.22. The summed E-state index contributed by atoms with van der Waals surface area (Å²) in [4.78, 5) is 3.24. The first-order valence-electron chi connectivity index (χ1n) is 5.64. The van der Waals surface area contributed by atoms with Crippen molar-refractivity contribution < 1.29 is 0 Å². The lowest BCUT2D eigenvalue weighted by atomic mass is 10.1. The summed E-state index contributed by atoms with van der Waals surface area (Å²) in [7, 11) is 0. The van der Waals surface area contributed by atoms with Crippen molar-refractivity contribution in [3.05, 3.63) is 60.3 Å². The third-order valence-corrected chi connectivity index (χ3v) is 2.88. The molecule has 3 rings (SSSR count). The largest absolute Gasteiger partial charge is 0.361 e. The predicted octanol–water partition coefficient (Wildman–Crippen LogP) is 4.02. The van der Waals surface area contributed by atoms with Gasteiger partial charge in [0.2, 0.25) is 0 Å². The van der Waals surface area contributed by atoms with Gasteiger partial charge in [-0.05, 0) is 48.9 Å². The van der Waals surface area contributed by atoms with Gasteiger partial charge in [0.1, 0.15) is 0 Å². The Kier molecular flexibility index (Phi) is 2.33. The highest BCUT2D eigenvalue weighted by Gasteiger charge is 2.01. The summed E-state index contributed by atoms with van der Waals surface area (Å²) in [5.41, 5.74) is 4.59. The minimum absolute atomic E-state index is 1.06. The summed E-state index contributed by atoms with van der Waals surface area (Å²) >= 11 is 0. The maximum atomic E-state index is 3.37. The fraction of sp³-hybridized carbons (Fsp3) is 0.0667. The lowest BCUT2D eigenvalue weighted by Crippen LogP contribution is -1.89. The van der Waals surface area contributed by atoms with Gasteiger partial charge < -0.3 is 10.3 Å². The summed E-state index contributed by atoms with van der Waals surface area (Å²) in [6.45, 7) is 2.11. The molecule has 1 radical (unpaired) electrons. The van der Waals surface area contributed by atoms with Crippen molar-refractivity contribution in [3.8, 4) is 0 Å². The minimum atomic E-state index is 1.06. The van der Waals surface area contributed by atoms with Crippen LogP contribution < -0.4 is 5.32 Å². The van der Waals surface area contributed by atoms with E-state index in [1.165, 1.54) is 16.5 Å². The van der Waals surface area contributed by atoms with E-state index in [1.54, 1.807) is 0 Å². The van der Waals surface area contributed by atoms with Gasteiger partial charge in [-0.15, -0.1) is 0 Å². The molecule has 0 saturated carbocycles. The first-order valence-corrected chi connectivity index (χ1v) is 5.64. The van der Waals surface area contributed by atoms with Gasteiger partial charge in [-0.2, -0.15) is 0 Å². The summed E-state index contributed by atoms with van der Waals surface area (Å²) < 4.78 is 0. The van der Waals surface area contributed by atoms with E-state index in [0.717, 1.165) is 11.4 Å². The Labute approximate surface area is 100 Å². The molecule has 0 aliphatic heterocycles. The third-order valence-electron chi connectivity index (χ3n) is 2.88. The van der Waals surface area contributed by atoms with Gasteiger partial charge in [0.25, 0.3) is 0 Å². The van der Waals surface area contributed by atoms with Crippen LogP contribution in [0.4, 0.5) is 11.4 Å². The third kappa shape index (κ3) is 1.89. The van der Waals surface area contributed by atoms with E-state index in [9.17, 15) is 0 Å². The number of H-pyrrole nitrogens is 1. The van der Waals surface area contributed by atoms with Crippen molar-refractivity contribution in [1.82, 2.24) is 4.98 Å². The van der Waals surface area contributed by atoms with Crippen LogP contribution in [0, 0.1) is 13.0 Å². The Balaban J connectivity index is 1.98. The van der Waals surface area contributed by atoms with E-state index in [2.05, 4.69) is 41.5 Å². The van der Waals surface area contributed by atoms with E-state index in [4.69, 9.17) is 0 Å². The van der Waals surface area contributed by atoms with Gasteiger partial charge in [-0.25, -0.2) is 0 Å². The number of aryl methyl sites for hydroxylation is 1. The molecule has 2 heteroatoms. The first kappa shape index (κ1) is 9.97. The van der Waals surface area contributed by atoms with Gasteiger partial charge in [0.15, 0.2) is 0 Å². The molecule has 0 bridgehead atoms. The predicted molar refractivity (Wildman–Crippen MR) is 71.6 cm³/mol. The average molecular weight is 221 g/mol. The molecule has 0 aliphatic carbocycles. The number of anilines is 2. The Morgan fingerprint density at radius 3 is 2.94 bits per heavy atom. The molecule has 1 aromatic heterocycles. The number of nitrogens with one attached hydrogen (secondary N) is 2. The maximum absolute atomic E-state index is 3.37. The summed E-state index contributed by atoms with van der Waals surface area (Å²) in [6.07, 6.45) is 2.03. The number of hydrogen-bond donors (Lipinski definition) is 2. The highest BCUT2D eigenvalue weighted by Crippen LogP contribution is 2.23. The second-order valence-corrected chi connectivity index (χ2v) is 4.15. The summed E-state index contributed by atoms with van der Waals surface area (Å²) in [6, 6.07) is 17.2. The fourth-order valence-corrected chi connectivity index (χ4v) is 1.98. The van der Waals surface area contributed by atoms with Gasteiger partial charge in [0, 0.05) is 28.5 Å². The molecule has 2 N–H and O–H groups in total. The molecular formula is C15H13N2. The van der Waals surface area contributed by atoms with E-state index in [0.29, 0.717) is 0 Å². The van der Waals surface area contributed by atoms with E-state index >= 15 is 0 Å². The zero-order chi connectivity index (χ0) is 11.7. The molecule has 0 amide bonds. The van der Waals surface area contributed by atoms with Crippen molar-refractivity contribution in [2.45, 2.75) is 6.92 Å². The number of aromatic nitrogens is 1. The molecule has 2 aromatic carbocycles. The van der Waals surface area contributed by atoms with Crippen molar-refractivity contribution in [2.24, 2.45) is 0 Å². The van der Waals surface area contributed by atoms with E-state index in [1.807, 2.05) is 30.5 Å². The second kappa shape index (κ2) is 3.98. The number of benzene rings is 2. The van der Waals surface area contributed by atoms with Gasteiger partial charge >= 0.3 is 0 Å². The highest BCUT2D eigenvalue weighted by atomic mass is 14.9. The molecule has 0 unspecified atom stereocenters. The lowest BCUT2D eigenvalue weighted by molar-refractivity contribution is 1.43. The first-order chi connectivity index (χ1) is 8.33. The van der Waals surface area contributed by atoms with Gasteiger partial charge in [-0.1, -0.05) is 12.1 Å². The lowest BCUT2D eigenvalue weighted by Gasteiger charge is -2.06. The minimum Gasteiger partial charge on any atom is -0.361 e. The van der Waals surface area contributed by atoms with Crippen molar-refractivity contribution >= 4 is 22.3 Å². The van der Waals surface area contributed by atoms with Crippen LogP contribution in [-0.2, 0) is 0 Å². The topological polar surface area (TPSA) is 27.8 Å². The molecule has 1 heterocycles. The zero-order valence-corrected chi connectivity index (χ0v) is 9.62. The van der Waals surface area contributed by atoms with E-state index < -0.39 is 0 Å². The smallest absolute Gasteiger partial charge is 0.0458 e. The highest BCUT2D eigenvalue weighted by molar-refractivity contribution is 5.87. The second-order valence-electron chi connectivity index (χ2n) is 4.15. The summed E-state index contributed by atoms with van der Waals surface area (Å²) in [5, 5.41) is 4.63. The Bertz CT molecular complexity index is 638. The van der Waals surface area contributed by atoms with Crippen LogP contribution >= 0.6 is 0 Å². The summed E-state index contributed by atoms with van der Waals surface area (Å²) in [5.74, 6) is 0. The quantitative estimate of drug-likeness (QED) is 0.672. The molecule has 0 aliphatic rings. The SMILES string of the molecule is Cc1c[nH]c2ccc(Nc3c[c]ccc3)cc12. The molecule has 2 nitrogen and oxygen atoms in total. The van der Waals surface area contributed by atoms with Crippen molar-refractivity contribution in [1.29, 1.82) is 0 Å². The molecule has 0 spiro atoms. The van der Waals surface area contributed by atoms with Crippen molar-refractivity contribution in [2.75, 3.05) is 5.32 Å². The van der Waals surface area contributed by atoms with Crippen molar-refractivity contribution in [3.63, 3.8) is 0 Å². The van der Waals surface area contributed by atoms with Gasteiger partial charge in [-0.3, -0.25) is 0 Å². The molecular weight excluding hydrogens is 208 g/mol. The Morgan fingerprint density at radius 1 is 1.18 bits per heavy atom. The number of fused-ring (bicyclic) bond motifs is 1. The maximum Gasteiger partial charge on any atom is 0.0458 e. The number of aromatic amines is 1. The van der Waals surface area contributed by atoms with Crippen LogP contribution in [0.5, 0.6) is 0 Å². The molecule has 0 saturated heterocycles. The van der Waals surface area contributed by atoms with Crippen LogP contribution in [0.1, 0.15) is 5.56 Å². The van der Waals surface area contributed by atoms with Crippen LogP contribution in [-0.4, -0.2) is 4.98 Å². The number of hydrogen-bond acceptors (Lipinski definition) is 1. The molecule has 3 aromatic rings. The Morgan fingerprint density at radius 2 is 2.12 bits per heavy atom. The van der Waals surface area contributed by atoms with Gasteiger partial charge in [0.05, 0.1) is 0 Å². The monoisotopic (exact) mass is 221 g/mol. The molecule has 0 fully saturated rings. The fourth-order valence-electron chi connectivity index (χ4n) is 1.98. The zero-order valence-electron chi connectivity index (χ0n) is 9.62. The average Bonchev–Trinajstić information content (AvgIpc) is 2.73. The van der Waals surface area contributed by atoms with Crippen LogP contribution in [0.15, 0.2) is 48.7 Å². The molecule has 17 heavy (non-hydrogen) atoms. The normalized spacial score (nSPS) is 10.6. The van der Waals surface area contributed by atoms with Crippen LogP contribution in [0.3, 0.4) is 0 Å². The standard InChI is InChI=1S/C15H13N2/c1-11-10-16-15-8-7-13(9-14(11)15)17-12-5-3-2-4-6-12/h2-3,5-10,16-17H,1H3.